The summed E-state index contributed by atoms with van der Waals surface area (Å²) in [5.74, 6) is 0. The van der Waals surface area contributed by atoms with Gasteiger partial charge in [-0.1, -0.05) is 19.0 Å². The summed E-state index contributed by atoms with van der Waals surface area (Å²) in [6.45, 7) is 3.80. The van der Waals surface area contributed by atoms with Crippen LogP contribution in [0.3, 0.4) is 0 Å². The van der Waals surface area contributed by atoms with Gasteiger partial charge in [-0.05, 0) is 12.8 Å². The van der Waals surface area contributed by atoms with Gasteiger partial charge in [0.2, 0.25) is 0 Å². The second-order valence-electron chi connectivity index (χ2n) is 2.29. The highest BCUT2D eigenvalue weighted by atomic mass is 16.4. The molecule has 2 N–H and O–H groups in total. The smallest absolute Gasteiger partial charge is 0.0593 e. The second-order valence-corrected chi connectivity index (χ2v) is 2.29. The highest BCUT2D eigenvalue weighted by molar-refractivity contribution is 5.83. The first-order valence-corrected chi connectivity index (χ1v) is 3.62. The number of nitrogens with zero attached hydrogens (tertiary/aromatic N) is 1. The molecule has 0 aliphatic rings. The summed E-state index contributed by atoms with van der Waals surface area (Å²) in [5, 5.41) is 20.5. The van der Waals surface area contributed by atoms with Crippen molar-refractivity contribution in [2.45, 2.75) is 39.2 Å². The van der Waals surface area contributed by atoms with E-state index in [0.717, 1.165) is 0 Å². The SMILES string of the molecule is CCC(CC(O)CC)=NO. The minimum atomic E-state index is -0.356. The van der Waals surface area contributed by atoms with Gasteiger partial charge >= 0.3 is 0 Å². The van der Waals surface area contributed by atoms with Crippen molar-refractivity contribution in [1.29, 1.82) is 0 Å². The van der Waals surface area contributed by atoms with E-state index in [0.29, 0.717) is 25.0 Å². The van der Waals surface area contributed by atoms with Crippen molar-refractivity contribution in [2.24, 2.45) is 5.16 Å². The Morgan fingerprint density at radius 2 is 2.10 bits per heavy atom. The molecular weight excluding hydrogens is 130 g/mol. The average molecular weight is 145 g/mol. The van der Waals surface area contributed by atoms with Crippen molar-refractivity contribution in [3.8, 4) is 0 Å². The maximum absolute atomic E-state index is 9.10. The fourth-order valence-electron chi connectivity index (χ4n) is 0.672. The number of hydrogen-bond donors (Lipinski definition) is 2. The third-order valence-corrected chi connectivity index (χ3v) is 1.49. The zero-order chi connectivity index (χ0) is 7.98. The first-order valence-electron chi connectivity index (χ1n) is 3.62. The predicted molar refractivity (Wildman–Crippen MR) is 40.4 cm³/mol. The maximum atomic E-state index is 9.10. The minimum absolute atomic E-state index is 0.356. The number of aliphatic hydroxyl groups excluding tert-OH is 1. The summed E-state index contributed by atoms with van der Waals surface area (Å²) in [6.07, 6.45) is 1.54. The summed E-state index contributed by atoms with van der Waals surface area (Å²) in [6, 6.07) is 0. The lowest BCUT2D eigenvalue weighted by Gasteiger charge is -2.06. The summed E-state index contributed by atoms with van der Waals surface area (Å²) in [7, 11) is 0. The summed E-state index contributed by atoms with van der Waals surface area (Å²) in [5.41, 5.74) is 0.661. The van der Waals surface area contributed by atoms with Crippen LogP contribution in [0.2, 0.25) is 0 Å². The van der Waals surface area contributed by atoms with Crippen molar-refractivity contribution in [3.63, 3.8) is 0 Å². The van der Waals surface area contributed by atoms with Gasteiger partial charge in [-0.3, -0.25) is 0 Å². The molecule has 0 aliphatic carbocycles. The minimum Gasteiger partial charge on any atom is -0.411 e. The third kappa shape index (κ3) is 3.45. The molecule has 0 aromatic rings. The molecule has 0 spiro atoms. The lowest BCUT2D eigenvalue weighted by molar-refractivity contribution is 0.176. The van der Waals surface area contributed by atoms with Gasteiger partial charge in [-0.25, -0.2) is 0 Å². The molecule has 0 amide bonds. The van der Waals surface area contributed by atoms with Gasteiger partial charge in [0, 0.05) is 6.42 Å². The Balaban J connectivity index is 3.64. The van der Waals surface area contributed by atoms with Crippen LogP contribution in [0.4, 0.5) is 0 Å². The lowest BCUT2D eigenvalue weighted by atomic mass is 10.1. The quantitative estimate of drug-likeness (QED) is 0.357. The molecule has 0 rings (SSSR count). The lowest BCUT2D eigenvalue weighted by Crippen LogP contribution is -2.11. The molecule has 1 atom stereocenters. The molecule has 0 heterocycles. The van der Waals surface area contributed by atoms with Gasteiger partial charge in [-0.15, -0.1) is 0 Å². The van der Waals surface area contributed by atoms with Crippen LogP contribution in [0, 0.1) is 0 Å². The molecule has 0 bridgehead atoms. The summed E-state index contributed by atoms with van der Waals surface area (Å²) in [4.78, 5) is 0. The molecule has 60 valence electrons. The van der Waals surface area contributed by atoms with Gasteiger partial charge in [0.25, 0.3) is 0 Å². The fraction of sp³-hybridized carbons (Fsp3) is 0.857. The normalized spacial score (nSPS) is 15.3. The Kier molecular flexibility index (Phi) is 4.94. The maximum Gasteiger partial charge on any atom is 0.0593 e. The van der Waals surface area contributed by atoms with Gasteiger partial charge < -0.3 is 10.3 Å². The van der Waals surface area contributed by atoms with Crippen molar-refractivity contribution < 1.29 is 10.3 Å². The van der Waals surface area contributed by atoms with Crippen molar-refractivity contribution >= 4 is 5.71 Å². The largest absolute Gasteiger partial charge is 0.411 e. The van der Waals surface area contributed by atoms with E-state index in [-0.39, 0.29) is 6.10 Å². The van der Waals surface area contributed by atoms with Crippen LogP contribution in [0.25, 0.3) is 0 Å². The first-order chi connectivity index (χ1) is 4.74. The topological polar surface area (TPSA) is 52.8 Å². The Labute approximate surface area is 61.4 Å². The number of aliphatic hydroxyl groups is 1. The zero-order valence-corrected chi connectivity index (χ0v) is 6.54. The van der Waals surface area contributed by atoms with Crippen LogP contribution in [0.5, 0.6) is 0 Å². The van der Waals surface area contributed by atoms with E-state index in [2.05, 4.69) is 5.16 Å². The molecule has 3 heteroatoms. The van der Waals surface area contributed by atoms with Gasteiger partial charge in [-0.2, -0.15) is 0 Å². The summed E-state index contributed by atoms with van der Waals surface area (Å²) < 4.78 is 0. The van der Waals surface area contributed by atoms with E-state index in [4.69, 9.17) is 10.3 Å². The van der Waals surface area contributed by atoms with Crippen LogP contribution in [0.15, 0.2) is 5.16 Å². The molecule has 1 unspecified atom stereocenters. The van der Waals surface area contributed by atoms with Crippen molar-refractivity contribution in [1.82, 2.24) is 0 Å². The van der Waals surface area contributed by atoms with Crippen LogP contribution < -0.4 is 0 Å². The first kappa shape index (κ1) is 9.43. The molecule has 0 aromatic carbocycles. The second kappa shape index (κ2) is 5.23. The molecule has 0 fully saturated rings. The third-order valence-electron chi connectivity index (χ3n) is 1.49. The summed E-state index contributed by atoms with van der Waals surface area (Å²) >= 11 is 0. The van der Waals surface area contributed by atoms with Gasteiger partial charge in [0.1, 0.15) is 0 Å². The van der Waals surface area contributed by atoms with Crippen molar-refractivity contribution in [2.75, 3.05) is 0 Å². The van der Waals surface area contributed by atoms with E-state index >= 15 is 0 Å². The van der Waals surface area contributed by atoms with E-state index in [9.17, 15) is 0 Å². The van der Waals surface area contributed by atoms with Crippen LogP contribution in [-0.4, -0.2) is 22.1 Å². The number of hydrogen-bond acceptors (Lipinski definition) is 3. The molecule has 0 saturated heterocycles. The Morgan fingerprint density at radius 1 is 1.50 bits per heavy atom. The van der Waals surface area contributed by atoms with E-state index < -0.39 is 0 Å². The van der Waals surface area contributed by atoms with Crippen LogP contribution >= 0.6 is 0 Å². The Bertz CT molecular complexity index is 112. The molecule has 3 nitrogen and oxygen atoms in total. The highest BCUT2D eigenvalue weighted by Crippen LogP contribution is 2.01. The van der Waals surface area contributed by atoms with Gasteiger partial charge in [0.15, 0.2) is 0 Å². The van der Waals surface area contributed by atoms with Crippen LogP contribution in [0.1, 0.15) is 33.1 Å². The monoisotopic (exact) mass is 145 g/mol. The van der Waals surface area contributed by atoms with Crippen LogP contribution in [-0.2, 0) is 0 Å². The van der Waals surface area contributed by atoms with E-state index in [1.54, 1.807) is 0 Å². The van der Waals surface area contributed by atoms with Crippen molar-refractivity contribution in [3.05, 3.63) is 0 Å². The fourth-order valence-corrected chi connectivity index (χ4v) is 0.672. The number of rotatable bonds is 4. The molecule has 0 aromatic heterocycles. The van der Waals surface area contributed by atoms with E-state index in [1.165, 1.54) is 0 Å². The highest BCUT2D eigenvalue weighted by Gasteiger charge is 2.04. The predicted octanol–water partition coefficient (Wildman–Crippen LogP) is 1.39. The Hall–Kier alpha value is -0.570. The zero-order valence-electron chi connectivity index (χ0n) is 6.54. The Morgan fingerprint density at radius 3 is 2.40 bits per heavy atom. The molecule has 0 saturated carbocycles. The molecule has 0 aliphatic heterocycles. The number of oxime groups is 1. The molecule has 0 radical (unpaired) electrons. The van der Waals surface area contributed by atoms with Gasteiger partial charge in [0.05, 0.1) is 11.8 Å². The average Bonchev–Trinajstić information content (AvgIpc) is 1.99. The standard InChI is InChI=1S/C7H15NO2/c1-3-6(8-10)5-7(9)4-2/h7,9-10H,3-5H2,1-2H3. The van der Waals surface area contributed by atoms with E-state index in [1.807, 2.05) is 13.8 Å². The molecular formula is C7H15NO2. The molecule has 10 heavy (non-hydrogen) atoms.